The lowest BCUT2D eigenvalue weighted by molar-refractivity contribution is -0.0156. The van der Waals surface area contributed by atoms with Gasteiger partial charge in [0.2, 0.25) is 0 Å². The zero-order valence-corrected chi connectivity index (χ0v) is 15.9. The SMILES string of the molecule is CC.CC(C)C(C)COc1ccc(C2(S(C)(=O)=O)COC2)cc1. The lowest BCUT2D eigenvalue weighted by Gasteiger charge is -2.39. The first kappa shape index (κ1) is 20.0. The maximum absolute atomic E-state index is 12.0. The van der Waals surface area contributed by atoms with E-state index in [0.717, 1.165) is 11.3 Å². The molecular formula is C18H30O4S. The van der Waals surface area contributed by atoms with E-state index in [2.05, 4.69) is 20.8 Å². The summed E-state index contributed by atoms with van der Waals surface area (Å²) < 4.78 is 34.0. The fourth-order valence-electron chi connectivity index (χ4n) is 2.16. The molecule has 2 rings (SSSR count). The quantitative estimate of drug-likeness (QED) is 0.792. The summed E-state index contributed by atoms with van der Waals surface area (Å²) in [4.78, 5) is 0. The molecule has 0 spiro atoms. The van der Waals surface area contributed by atoms with Crippen molar-refractivity contribution in [1.29, 1.82) is 0 Å². The molecule has 0 aromatic heterocycles. The van der Waals surface area contributed by atoms with Gasteiger partial charge in [-0.25, -0.2) is 8.42 Å². The second-order valence-electron chi connectivity index (χ2n) is 6.32. The van der Waals surface area contributed by atoms with Gasteiger partial charge in [-0.05, 0) is 29.5 Å². The predicted molar refractivity (Wildman–Crippen MR) is 94.6 cm³/mol. The van der Waals surface area contributed by atoms with Crippen LogP contribution >= 0.6 is 0 Å². The topological polar surface area (TPSA) is 52.6 Å². The van der Waals surface area contributed by atoms with Crippen LogP contribution in [0.5, 0.6) is 5.75 Å². The molecule has 5 heteroatoms. The predicted octanol–water partition coefficient (Wildman–Crippen LogP) is 3.65. The van der Waals surface area contributed by atoms with Crippen LogP contribution in [0.15, 0.2) is 24.3 Å². The summed E-state index contributed by atoms with van der Waals surface area (Å²) in [5.41, 5.74) is 0.778. The summed E-state index contributed by atoms with van der Waals surface area (Å²) in [5, 5.41) is 0. The van der Waals surface area contributed by atoms with Gasteiger partial charge in [-0.15, -0.1) is 0 Å². The maximum atomic E-state index is 12.0. The van der Waals surface area contributed by atoms with Crippen LogP contribution in [0.25, 0.3) is 0 Å². The summed E-state index contributed by atoms with van der Waals surface area (Å²) in [6, 6.07) is 7.35. The molecule has 1 aliphatic rings. The first-order valence-electron chi connectivity index (χ1n) is 8.27. The van der Waals surface area contributed by atoms with Crippen molar-refractivity contribution in [2.45, 2.75) is 39.4 Å². The van der Waals surface area contributed by atoms with Crippen LogP contribution in [0, 0.1) is 11.8 Å². The Balaban J connectivity index is 0.00000127. The highest BCUT2D eigenvalue weighted by Crippen LogP contribution is 2.38. The molecule has 1 aliphatic heterocycles. The molecule has 132 valence electrons. The molecule has 1 unspecified atom stereocenters. The molecule has 23 heavy (non-hydrogen) atoms. The minimum Gasteiger partial charge on any atom is -0.493 e. The van der Waals surface area contributed by atoms with Gasteiger partial charge < -0.3 is 9.47 Å². The average molecular weight is 343 g/mol. The molecule has 0 amide bonds. The van der Waals surface area contributed by atoms with Crippen molar-refractivity contribution in [2.24, 2.45) is 11.8 Å². The van der Waals surface area contributed by atoms with E-state index >= 15 is 0 Å². The Morgan fingerprint density at radius 3 is 2.00 bits per heavy atom. The third-order valence-corrected chi connectivity index (χ3v) is 6.30. The summed E-state index contributed by atoms with van der Waals surface area (Å²) >= 11 is 0. The molecule has 1 aromatic carbocycles. The van der Waals surface area contributed by atoms with Crippen molar-refractivity contribution in [1.82, 2.24) is 0 Å². The monoisotopic (exact) mass is 342 g/mol. The van der Waals surface area contributed by atoms with Crippen molar-refractivity contribution in [3.8, 4) is 5.75 Å². The zero-order valence-electron chi connectivity index (χ0n) is 15.1. The number of benzene rings is 1. The van der Waals surface area contributed by atoms with E-state index in [1.807, 2.05) is 38.1 Å². The van der Waals surface area contributed by atoms with E-state index in [1.54, 1.807) is 0 Å². The Bertz CT molecular complexity index is 572. The van der Waals surface area contributed by atoms with Crippen LogP contribution in [0.3, 0.4) is 0 Å². The molecule has 0 saturated carbocycles. The number of rotatable bonds is 6. The van der Waals surface area contributed by atoms with E-state index in [-0.39, 0.29) is 13.2 Å². The lowest BCUT2D eigenvalue weighted by atomic mass is 9.96. The highest BCUT2D eigenvalue weighted by molar-refractivity contribution is 7.91. The normalized spacial score (nSPS) is 17.7. The van der Waals surface area contributed by atoms with Gasteiger partial charge in [0.1, 0.15) is 10.5 Å². The molecule has 4 nitrogen and oxygen atoms in total. The standard InChI is InChI=1S/C16H24O4S.C2H6/c1-12(2)13(3)9-20-15-7-5-14(6-8-15)16(10-19-11-16)21(4,17)18;1-2/h5-8,12-13H,9-11H2,1-4H3;1-2H3. The molecule has 1 atom stereocenters. The second-order valence-corrected chi connectivity index (χ2v) is 8.64. The Labute approximate surface area is 141 Å². The Morgan fingerprint density at radius 2 is 1.65 bits per heavy atom. The molecule has 0 radical (unpaired) electrons. The Kier molecular flexibility index (Phi) is 7.08. The van der Waals surface area contributed by atoms with Crippen molar-refractivity contribution < 1.29 is 17.9 Å². The largest absolute Gasteiger partial charge is 0.493 e. The average Bonchev–Trinajstić information content (AvgIpc) is 2.45. The van der Waals surface area contributed by atoms with Crippen LogP contribution < -0.4 is 4.74 Å². The first-order chi connectivity index (χ1) is 10.8. The zero-order chi connectivity index (χ0) is 17.7. The van der Waals surface area contributed by atoms with Crippen molar-refractivity contribution in [3.05, 3.63) is 29.8 Å². The van der Waals surface area contributed by atoms with Gasteiger partial charge in [0.05, 0.1) is 19.8 Å². The Hall–Kier alpha value is -1.07. The van der Waals surface area contributed by atoms with Crippen LogP contribution in [-0.2, 0) is 19.3 Å². The van der Waals surface area contributed by atoms with E-state index in [9.17, 15) is 8.42 Å². The second kappa shape index (κ2) is 8.15. The first-order valence-corrected chi connectivity index (χ1v) is 10.2. The van der Waals surface area contributed by atoms with Crippen molar-refractivity contribution >= 4 is 9.84 Å². The van der Waals surface area contributed by atoms with Gasteiger partial charge in [0.15, 0.2) is 9.84 Å². The fraction of sp³-hybridized carbons (Fsp3) is 0.667. The molecular weight excluding hydrogens is 312 g/mol. The molecule has 1 fully saturated rings. The third kappa shape index (κ3) is 4.48. The molecule has 0 aliphatic carbocycles. The maximum Gasteiger partial charge on any atom is 0.161 e. The molecule has 1 aromatic rings. The minimum absolute atomic E-state index is 0.233. The van der Waals surface area contributed by atoms with Crippen LogP contribution in [0.1, 0.15) is 40.2 Å². The smallest absolute Gasteiger partial charge is 0.161 e. The van der Waals surface area contributed by atoms with Crippen LogP contribution in [0.4, 0.5) is 0 Å². The highest BCUT2D eigenvalue weighted by Gasteiger charge is 2.49. The van der Waals surface area contributed by atoms with E-state index in [1.165, 1.54) is 6.26 Å². The summed E-state index contributed by atoms with van der Waals surface area (Å²) in [6.45, 7) is 11.6. The van der Waals surface area contributed by atoms with Gasteiger partial charge in [-0.1, -0.05) is 46.8 Å². The number of hydrogen-bond donors (Lipinski definition) is 0. The van der Waals surface area contributed by atoms with Gasteiger partial charge in [-0.2, -0.15) is 0 Å². The summed E-state index contributed by atoms with van der Waals surface area (Å²) in [6.07, 6.45) is 1.27. The van der Waals surface area contributed by atoms with Crippen LogP contribution in [-0.4, -0.2) is 34.5 Å². The number of sulfone groups is 1. The molecule has 1 saturated heterocycles. The number of hydrogen-bond acceptors (Lipinski definition) is 4. The van der Waals surface area contributed by atoms with Gasteiger partial charge in [-0.3, -0.25) is 0 Å². The lowest BCUT2D eigenvalue weighted by Crippen LogP contribution is -2.52. The number of ether oxygens (including phenoxy) is 2. The summed E-state index contributed by atoms with van der Waals surface area (Å²) in [7, 11) is -3.20. The molecule has 1 heterocycles. The highest BCUT2D eigenvalue weighted by atomic mass is 32.2. The van der Waals surface area contributed by atoms with Gasteiger partial charge in [0.25, 0.3) is 0 Å². The van der Waals surface area contributed by atoms with Crippen LogP contribution in [0.2, 0.25) is 0 Å². The minimum atomic E-state index is -3.20. The third-order valence-electron chi connectivity index (χ3n) is 4.41. The summed E-state index contributed by atoms with van der Waals surface area (Å²) in [5.74, 6) is 1.83. The van der Waals surface area contributed by atoms with E-state index in [4.69, 9.17) is 9.47 Å². The van der Waals surface area contributed by atoms with Gasteiger partial charge in [0, 0.05) is 6.26 Å². The van der Waals surface area contributed by atoms with E-state index < -0.39 is 14.6 Å². The fourth-order valence-corrected chi connectivity index (χ4v) is 3.32. The van der Waals surface area contributed by atoms with Crippen molar-refractivity contribution in [2.75, 3.05) is 26.1 Å². The molecule has 0 bridgehead atoms. The van der Waals surface area contributed by atoms with Crippen molar-refractivity contribution in [3.63, 3.8) is 0 Å². The van der Waals surface area contributed by atoms with Gasteiger partial charge >= 0.3 is 0 Å². The molecule has 0 N–H and O–H groups in total. The van der Waals surface area contributed by atoms with E-state index in [0.29, 0.717) is 18.4 Å². The Morgan fingerprint density at radius 1 is 1.13 bits per heavy atom.